The third-order valence-corrected chi connectivity index (χ3v) is 2.49. The van der Waals surface area contributed by atoms with Crippen molar-refractivity contribution in [3.63, 3.8) is 0 Å². The van der Waals surface area contributed by atoms with Crippen LogP contribution in [0.25, 0.3) is 0 Å². The highest BCUT2D eigenvalue weighted by atomic mass is 19.2. The summed E-state index contributed by atoms with van der Waals surface area (Å²) in [6, 6.07) is 1.38. The summed E-state index contributed by atoms with van der Waals surface area (Å²) < 4.78 is 40.6. The second kappa shape index (κ2) is 5.18. The van der Waals surface area contributed by atoms with Crippen molar-refractivity contribution in [1.29, 1.82) is 0 Å². The second-order valence-electron chi connectivity index (χ2n) is 3.82. The van der Waals surface area contributed by atoms with Gasteiger partial charge >= 0.3 is 0 Å². The molecule has 0 amide bonds. The van der Waals surface area contributed by atoms with Crippen LogP contribution in [0, 0.1) is 17.5 Å². The number of nitrogens with zero attached hydrogens (tertiary/aromatic N) is 3. The Kier molecular flexibility index (Phi) is 3.61. The first-order valence-electron chi connectivity index (χ1n) is 5.25. The molecule has 1 aromatic carbocycles. The molecule has 0 radical (unpaired) electrons. The van der Waals surface area contributed by atoms with Gasteiger partial charge < -0.3 is 9.88 Å². The van der Waals surface area contributed by atoms with E-state index in [1.165, 1.54) is 6.33 Å². The van der Waals surface area contributed by atoms with Gasteiger partial charge in [0.15, 0.2) is 11.6 Å². The van der Waals surface area contributed by atoms with Gasteiger partial charge in [-0.05, 0) is 6.07 Å². The fraction of sp³-hybridized carbons (Fsp3) is 0.273. The predicted octanol–water partition coefficient (Wildman–Crippen LogP) is 1.52. The van der Waals surface area contributed by atoms with Crippen molar-refractivity contribution < 1.29 is 13.2 Å². The zero-order valence-corrected chi connectivity index (χ0v) is 9.62. The third kappa shape index (κ3) is 2.67. The van der Waals surface area contributed by atoms with E-state index in [2.05, 4.69) is 15.5 Å². The number of nitrogens with one attached hydrogen (secondary N) is 1. The van der Waals surface area contributed by atoms with Crippen molar-refractivity contribution in [2.45, 2.75) is 13.1 Å². The van der Waals surface area contributed by atoms with Crippen molar-refractivity contribution in [2.75, 3.05) is 0 Å². The van der Waals surface area contributed by atoms with Gasteiger partial charge in [-0.1, -0.05) is 0 Å². The summed E-state index contributed by atoms with van der Waals surface area (Å²) in [6.45, 7) is 0.435. The largest absolute Gasteiger partial charge is 0.320 e. The summed E-state index contributed by atoms with van der Waals surface area (Å²) in [7, 11) is 1.77. The highest BCUT2D eigenvalue weighted by Gasteiger charge is 2.09. The van der Waals surface area contributed by atoms with E-state index >= 15 is 0 Å². The quantitative estimate of drug-likeness (QED) is 0.843. The lowest BCUT2D eigenvalue weighted by molar-refractivity contribution is 0.486. The maximum atomic E-state index is 13.3. The van der Waals surface area contributed by atoms with E-state index < -0.39 is 17.5 Å². The zero-order chi connectivity index (χ0) is 13.1. The smallest absolute Gasteiger partial charge is 0.161 e. The van der Waals surface area contributed by atoms with Crippen LogP contribution in [0.15, 0.2) is 18.5 Å². The minimum atomic E-state index is -1.19. The molecule has 2 rings (SSSR count). The van der Waals surface area contributed by atoms with Gasteiger partial charge in [0, 0.05) is 25.2 Å². The van der Waals surface area contributed by atoms with E-state index in [-0.39, 0.29) is 12.1 Å². The second-order valence-corrected chi connectivity index (χ2v) is 3.82. The first-order chi connectivity index (χ1) is 8.58. The van der Waals surface area contributed by atoms with Crippen LogP contribution in [-0.2, 0) is 20.1 Å². The van der Waals surface area contributed by atoms with Gasteiger partial charge in [-0.2, -0.15) is 0 Å². The van der Waals surface area contributed by atoms with Gasteiger partial charge in [0.2, 0.25) is 0 Å². The number of aryl methyl sites for hydroxylation is 1. The maximum absolute atomic E-state index is 13.3. The van der Waals surface area contributed by atoms with Crippen LogP contribution >= 0.6 is 0 Å². The third-order valence-electron chi connectivity index (χ3n) is 2.49. The Morgan fingerprint density at radius 1 is 1.11 bits per heavy atom. The normalized spacial score (nSPS) is 10.9. The molecule has 0 aliphatic heterocycles. The molecule has 0 unspecified atom stereocenters. The lowest BCUT2D eigenvalue weighted by atomic mass is 10.2. The van der Waals surface area contributed by atoms with Gasteiger partial charge in [-0.3, -0.25) is 0 Å². The number of hydrogen-bond donors (Lipinski definition) is 1. The summed E-state index contributed by atoms with van der Waals surface area (Å²) in [5.41, 5.74) is 0.0658. The first-order valence-corrected chi connectivity index (χ1v) is 5.25. The van der Waals surface area contributed by atoms with Crippen LogP contribution < -0.4 is 5.32 Å². The van der Waals surface area contributed by atoms with E-state index in [1.807, 2.05) is 0 Å². The fourth-order valence-electron chi connectivity index (χ4n) is 1.48. The average Bonchev–Trinajstić information content (AvgIpc) is 2.72. The molecule has 1 heterocycles. The molecule has 1 aromatic heterocycles. The average molecular weight is 256 g/mol. The Bertz CT molecular complexity index is 553. The molecule has 0 saturated heterocycles. The van der Waals surface area contributed by atoms with Crippen LogP contribution in [0.2, 0.25) is 0 Å². The molecule has 0 saturated carbocycles. The minimum absolute atomic E-state index is 0.0658. The molecule has 0 bridgehead atoms. The molecule has 7 heteroatoms. The molecular formula is C11H11F3N4. The summed E-state index contributed by atoms with van der Waals surface area (Å²) in [5.74, 6) is -2.37. The number of halogens is 3. The SMILES string of the molecule is Cn1cnnc1CNCc1cc(F)c(F)cc1F. The molecule has 4 nitrogen and oxygen atoms in total. The van der Waals surface area contributed by atoms with Crippen molar-refractivity contribution >= 4 is 0 Å². The van der Waals surface area contributed by atoms with E-state index in [0.29, 0.717) is 18.4 Å². The summed E-state index contributed by atoms with van der Waals surface area (Å²) in [5, 5.41) is 10.4. The Balaban J connectivity index is 1.99. The molecule has 0 aliphatic carbocycles. The standard InChI is InChI=1S/C11H11F3N4/c1-18-6-16-17-11(18)5-15-4-7-2-9(13)10(14)3-8(7)12/h2-3,6,15H,4-5H2,1H3. The predicted molar refractivity (Wildman–Crippen MR) is 57.9 cm³/mol. The van der Waals surface area contributed by atoms with E-state index in [9.17, 15) is 13.2 Å². The maximum Gasteiger partial charge on any atom is 0.161 e. The highest BCUT2D eigenvalue weighted by molar-refractivity contribution is 5.19. The van der Waals surface area contributed by atoms with Crippen molar-refractivity contribution in [1.82, 2.24) is 20.1 Å². The Morgan fingerprint density at radius 2 is 1.83 bits per heavy atom. The van der Waals surface area contributed by atoms with Crippen LogP contribution in [-0.4, -0.2) is 14.8 Å². The van der Waals surface area contributed by atoms with E-state index in [4.69, 9.17) is 0 Å². The van der Waals surface area contributed by atoms with Crippen molar-refractivity contribution in [2.24, 2.45) is 7.05 Å². The topological polar surface area (TPSA) is 42.7 Å². The van der Waals surface area contributed by atoms with Gasteiger partial charge in [-0.25, -0.2) is 13.2 Å². The Labute approximate surface area is 101 Å². The molecule has 0 atom stereocenters. The minimum Gasteiger partial charge on any atom is -0.320 e. The summed E-state index contributed by atoms with van der Waals surface area (Å²) >= 11 is 0. The monoisotopic (exact) mass is 256 g/mol. The number of aromatic nitrogens is 3. The molecule has 0 aliphatic rings. The summed E-state index contributed by atoms with van der Waals surface area (Å²) in [6.07, 6.45) is 1.54. The van der Waals surface area contributed by atoms with Gasteiger partial charge in [0.25, 0.3) is 0 Å². The Morgan fingerprint density at radius 3 is 2.50 bits per heavy atom. The van der Waals surface area contributed by atoms with Crippen molar-refractivity contribution in [3.8, 4) is 0 Å². The van der Waals surface area contributed by atoms with Gasteiger partial charge in [0.1, 0.15) is 18.0 Å². The summed E-state index contributed by atoms with van der Waals surface area (Å²) in [4.78, 5) is 0. The molecule has 2 aromatic rings. The zero-order valence-electron chi connectivity index (χ0n) is 9.62. The number of rotatable bonds is 4. The van der Waals surface area contributed by atoms with Crippen molar-refractivity contribution in [3.05, 3.63) is 47.3 Å². The lowest BCUT2D eigenvalue weighted by Crippen LogP contribution is -2.16. The van der Waals surface area contributed by atoms with E-state index in [1.54, 1.807) is 11.6 Å². The number of benzene rings is 1. The first kappa shape index (κ1) is 12.6. The van der Waals surface area contributed by atoms with Crippen LogP contribution in [0.5, 0.6) is 0 Å². The highest BCUT2D eigenvalue weighted by Crippen LogP contribution is 2.13. The molecule has 0 fully saturated rings. The molecular weight excluding hydrogens is 245 g/mol. The molecule has 1 N–H and O–H groups in total. The fourth-order valence-corrected chi connectivity index (χ4v) is 1.48. The molecule has 96 valence electrons. The number of hydrogen-bond acceptors (Lipinski definition) is 3. The van der Waals surface area contributed by atoms with Gasteiger partial charge in [0.05, 0.1) is 6.54 Å². The van der Waals surface area contributed by atoms with E-state index in [0.717, 1.165) is 6.07 Å². The van der Waals surface area contributed by atoms with Crippen LogP contribution in [0.3, 0.4) is 0 Å². The van der Waals surface area contributed by atoms with Crippen LogP contribution in [0.4, 0.5) is 13.2 Å². The lowest BCUT2D eigenvalue weighted by Gasteiger charge is -2.06. The molecule has 0 spiro atoms. The molecule has 18 heavy (non-hydrogen) atoms. The van der Waals surface area contributed by atoms with Crippen LogP contribution in [0.1, 0.15) is 11.4 Å². The Hall–Kier alpha value is -1.89. The van der Waals surface area contributed by atoms with Gasteiger partial charge in [-0.15, -0.1) is 10.2 Å².